The fourth-order valence-electron chi connectivity index (χ4n) is 2.73. The smallest absolute Gasteiger partial charge is 0.198 e. The van der Waals surface area contributed by atoms with E-state index in [0.717, 1.165) is 40.3 Å². The van der Waals surface area contributed by atoms with Gasteiger partial charge in [0.15, 0.2) is 15.3 Å². The summed E-state index contributed by atoms with van der Waals surface area (Å²) >= 11 is 2.78. The zero-order chi connectivity index (χ0) is 17.2. The normalized spacial score (nSPS) is 17.3. The molecule has 0 N–H and O–H groups in total. The second-order valence-electron chi connectivity index (χ2n) is 5.77. The van der Waals surface area contributed by atoms with Crippen molar-refractivity contribution in [2.45, 2.75) is 41.9 Å². The maximum Gasteiger partial charge on any atom is 0.198 e. The van der Waals surface area contributed by atoms with Gasteiger partial charge in [-0.2, -0.15) is 4.37 Å². The lowest BCUT2D eigenvalue weighted by molar-refractivity contribution is 0.0953. The van der Waals surface area contributed by atoms with E-state index in [1.54, 1.807) is 12.1 Å². The molecule has 130 valence electrons. The molecule has 2 aromatic heterocycles. The van der Waals surface area contributed by atoms with Crippen molar-refractivity contribution in [3.05, 3.63) is 35.9 Å². The number of aryl methyl sites for hydroxylation is 1. The van der Waals surface area contributed by atoms with Gasteiger partial charge in [-0.25, -0.2) is 9.37 Å². The zero-order valence-electron chi connectivity index (χ0n) is 13.6. The second-order valence-corrected chi connectivity index (χ2v) is 7.73. The Kier molecular flexibility index (Phi) is 4.78. The summed E-state index contributed by atoms with van der Waals surface area (Å²) in [6.45, 7) is 3.32. The Morgan fingerprint density at radius 3 is 2.84 bits per heavy atom. The molecule has 1 atom stereocenters. The van der Waals surface area contributed by atoms with E-state index in [4.69, 9.17) is 4.74 Å². The van der Waals surface area contributed by atoms with Crippen molar-refractivity contribution < 1.29 is 9.13 Å². The van der Waals surface area contributed by atoms with Crippen LogP contribution in [0, 0.1) is 12.7 Å². The Morgan fingerprint density at radius 2 is 2.16 bits per heavy atom. The van der Waals surface area contributed by atoms with E-state index in [-0.39, 0.29) is 11.9 Å². The predicted molar refractivity (Wildman–Crippen MR) is 93.2 cm³/mol. The number of halogens is 1. The van der Waals surface area contributed by atoms with Crippen LogP contribution in [0.5, 0.6) is 0 Å². The molecular weight excluding hydrogens is 361 g/mol. The molecule has 0 saturated carbocycles. The molecule has 3 aromatic rings. The summed E-state index contributed by atoms with van der Waals surface area (Å²) in [5.74, 6) is 1.18. The molecular formula is C16H16FN5OS2. The van der Waals surface area contributed by atoms with E-state index in [2.05, 4.69) is 19.6 Å². The van der Waals surface area contributed by atoms with Crippen molar-refractivity contribution >= 4 is 23.3 Å². The van der Waals surface area contributed by atoms with Gasteiger partial charge in [0, 0.05) is 12.2 Å². The van der Waals surface area contributed by atoms with Crippen LogP contribution >= 0.6 is 23.3 Å². The first-order chi connectivity index (χ1) is 12.2. The third kappa shape index (κ3) is 3.73. The highest BCUT2D eigenvalue weighted by atomic mass is 32.2. The molecule has 3 heterocycles. The van der Waals surface area contributed by atoms with Gasteiger partial charge in [-0.3, -0.25) is 4.57 Å². The average Bonchev–Trinajstić information content (AvgIpc) is 3.33. The first-order valence-corrected chi connectivity index (χ1v) is 9.57. The molecule has 1 saturated heterocycles. The van der Waals surface area contributed by atoms with Gasteiger partial charge < -0.3 is 4.74 Å². The van der Waals surface area contributed by atoms with Crippen LogP contribution in [0.4, 0.5) is 4.39 Å². The molecule has 1 aliphatic heterocycles. The topological polar surface area (TPSA) is 65.7 Å². The van der Waals surface area contributed by atoms with Crippen LogP contribution in [0.1, 0.15) is 18.7 Å². The average molecular weight is 377 g/mol. The highest BCUT2D eigenvalue weighted by molar-refractivity contribution is 8.00. The molecule has 4 rings (SSSR count). The van der Waals surface area contributed by atoms with Crippen molar-refractivity contribution in [1.29, 1.82) is 0 Å². The molecule has 0 spiro atoms. The Morgan fingerprint density at radius 1 is 1.32 bits per heavy atom. The maximum atomic E-state index is 13.2. The second kappa shape index (κ2) is 7.19. The Balaban J connectivity index is 1.68. The molecule has 0 radical (unpaired) electrons. The number of ether oxygens (including phenoxy) is 1. The summed E-state index contributed by atoms with van der Waals surface area (Å²) in [6, 6.07) is 6.30. The molecule has 9 heteroatoms. The molecule has 6 nitrogen and oxygen atoms in total. The predicted octanol–water partition coefficient (Wildman–Crippen LogP) is 3.57. The number of hydrogen-bond donors (Lipinski definition) is 0. The minimum absolute atomic E-state index is 0.144. The van der Waals surface area contributed by atoms with E-state index in [1.165, 1.54) is 35.4 Å². The van der Waals surface area contributed by atoms with Gasteiger partial charge in [-0.15, -0.1) is 10.2 Å². The molecule has 1 fully saturated rings. The quantitative estimate of drug-likeness (QED) is 0.677. The minimum atomic E-state index is -0.270. The molecule has 0 bridgehead atoms. The standard InChI is InChI=1S/C16H16FN5OS2/c1-10-18-16(25-21-10)24-15-20-19-14(11-4-6-12(17)7-5-11)22(15)9-13-3-2-8-23-13/h4-7,13H,2-3,8-9H2,1H3. The molecule has 1 unspecified atom stereocenters. The number of aromatic nitrogens is 5. The summed E-state index contributed by atoms with van der Waals surface area (Å²) in [4.78, 5) is 4.38. The summed E-state index contributed by atoms with van der Waals surface area (Å²) in [7, 11) is 0. The zero-order valence-corrected chi connectivity index (χ0v) is 15.2. The van der Waals surface area contributed by atoms with Gasteiger partial charge in [0.05, 0.1) is 12.6 Å². The first kappa shape index (κ1) is 16.6. The summed E-state index contributed by atoms with van der Waals surface area (Å²) < 4.78 is 26.1. The number of hydrogen-bond acceptors (Lipinski definition) is 7. The highest BCUT2D eigenvalue weighted by Crippen LogP contribution is 2.31. The third-order valence-corrected chi connectivity index (χ3v) is 5.74. The number of benzene rings is 1. The van der Waals surface area contributed by atoms with E-state index in [1.807, 2.05) is 11.5 Å². The molecule has 0 amide bonds. The number of nitrogens with zero attached hydrogens (tertiary/aromatic N) is 5. The third-order valence-electron chi connectivity index (χ3n) is 3.92. The van der Waals surface area contributed by atoms with Gasteiger partial charge >= 0.3 is 0 Å². The van der Waals surface area contributed by atoms with E-state index in [0.29, 0.717) is 12.4 Å². The van der Waals surface area contributed by atoms with Crippen molar-refractivity contribution in [3.8, 4) is 11.4 Å². The van der Waals surface area contributed by atoms with Crippen LogP contribution < -0.4 is 0 Å². The van der Waals surface area contributed by atoms with E-state index in [9.17, 15) is 4.39 Å². The van der Waals surface area contributed by atoms with E-state index >= 15 is 0 Å². The van der Waals surface area contributed by atoms with Crippen LogP contribution in [-0.2, 0) is 11.3 Å². The lowest BCUT2D eigenvalue weighted by Crippen LogP contribution is -2.16. The van der Waals surface area contributed by atoms with Crippen molar-refractivity contribution in [3.63, 3.8) is 0 Å². The Bertz CT molecular complexity index is 858. The van der Waals surface area contributed by atoms with Gasteiger partial charge in [-0.05, 0) is 67.3 Å². The van der Waals surface area contributed by atoms with Crippen LogP contribution in [-0.4, -0.2) is 36.8 Å². The van der Waals surface area contributed by atoms with Crippen molar-refractivity contribution in [1.82, 2.24) is 24.1 Å². The van der Waals surface area contributed by atoms with Gasteiger partial charge in [0.1, 0.15) is 11.6 Å². The van der Waals surface area contributed by atoms with Crippen LogP contribution in [0.15, 0.2) is 33.8 Å². The molecule has 1 aromatic carbocycles. The van der Waals surface area contributed by atoms with Crippen LogP contribution in [0.3, 0.4) is 0 Å². The minimum Gasteiger partial charge on any atom is -0.376 e. The van der Waals surface area contributed by atoms with E-state index < -0.39 is 0 Å². The summed E-state index contributed by atoms with van der Waals surface area (Å²) in [5.41, 5.74) is 0.826. The Labute approximate surface area is 152 Å². The van der Waals surface area contributed by atoms with Gasteiger partial charge in [0.2, 0.25) is 0 Å². The SMILES string of the molecule is Cc1nsc(Sc2nnc(-c3ccc(F)cc3)n2CC2CCCO2)n1. The molecule has 25 heavy (non-hydrogen) atoms. The molecule has 0 aliphatic carbocycles. The Hall–Kier alpha value is -1.84. The van der Waals surface area contributed by atoms with Crippen LogP contribution in [0.25, 0.3) is 11.4 Å². The monoisotopic (exact) mass is 377 g/mol. The fraction of sp³-hybridized carbons (Fsp3) is 0.375. The highest BCUT2D eigenvalue weighted by Gasteiger charge is 2.22. The lowest BCUT2D eigenvalue weighted by atomic mass is 10.2. The molecule has 1 aliphatic rings. The van der Waals surface area contributed by atoms with Crippen molar-refractivity contribution in [2.75, 3.05) is 6.61 Å². The number of rotatable bonds is 5. The van der Waals surface area contributed by atoms with Gasteiger partial charge in [0.25, 0.3) is 0 Å². The lowest BCUT2D eigenvalue weighted by Gasteiger charge is -2.14. The maximum absolute atomic E-state index is 13.2. The fourth-order valence-corrected chi connectivity index (χ4v) is 4.33. The van der Waals surface area contributed by atoms with Crippen LogP contribution in [0.2, 0.25) is 0 Å². The largest absolute Gasteiger partial charge is 0.376 e. The van der Waals surface area contributed by atoms with Gasteiger partial charge in [-0.1, -0.05) is 0 Å². The summed E-state index contributed by atoms with van der Waals surface area (Å²) in [5, 5.41) is 9.40. The first-order valence-electron chi connectivity index (χ1n) is 7.98. The summed E-state index contributed by atoms with van der Waals surface area (Å²) in [6.07, 6.45) is 2.23. The van der Waals surface area contributed by atoms with Crippen molar-refractivity contribution in [2.24, 2.45) is 0 Å².